The molecule has 2 amide bonds. The zero-order valence-electron chi connectivity index (χ0n) is 15.0. The maximum atomic E-state index is 13.1. The van der Waals surface area contributed by atoms with E-state index in [4.69, 9.17) is 0 Å². The summed E-state index contributed by atoms with van der Waals surface area (Å²) in [5.41, 5.74) is 3.70. The first kappa shape index (κ1) is 17.1. The Bertz CT molecular complexity index is 796. The number of nitrogens with one attached hydrogen (secondary N) is 1. The van der Waals surface area contributed by atoms with Gasteiger partial charge in [0.1, 0.15) is 0 Å². The Labute approximate surface area is 148 Å². The lowest BCUT2D eigenvalue weighted by molar-refractivity contribution is -0.698. The molecule has 0 radical (unpaired) electrons. The molecule has 0 spiro atoms. The largest absolute Gasteiger partial charge is 0.323 e. The zero-order valence-corrected chi connectivity index (χ0v) is 15.0. The van der Waals surface area contributed by atoms with E-state index in [1.807, 2.05) is 67.9 Å². The first-order chi connectivity index (χ1) is 12.0. The van der Waals surface area contributed by atoms with E-state index in [0.717, 1.165) is 28.9 Å². The van der Waals surface area contributed by atoms with Crippen LogP contribution in [0.25, 0.3) is 0 Å². The van der Waals surface area contributed by atoms with Gasteiger partial charge in [0.2, 0.25) is 12.2 Å². The van der Waals surface area contributed by atoms with Gasteiger partial charge < -0.3 is 10.2 Å². The second-order valence-electron chi connectivity index (χ2n) is 6.50. The van der Waals surface area contributed by atoms with Gasteiger partial charge in [0.15, 0.2) is 12.2 Å². The van der Waals surface area contributed by atoms with Crippen LogP contribution in [0.15, 0.2) is 42.6 Å². The number of aryl methyl sites for hydroxylation is 2. The molecule has 0 aliphatic carbocycles. The minimum Gasteiger partial charge on any atom is -0.323 e. The molecular formula is C20H24N3O2+. The summed E-state index contributed by atoms with van der Waals surface area (Å²) in [7, 11) is 0. The summed E-state index contributed by atoms with van der Waals surface area (Å²) >= 11 is 0. The average molecular weight is 338 g/mol. The lowest BCUT2D eigenvalue weighted by Crippen LogP contribution is -2.58. The van der Waals surface area contributed by atoms with Crippen molar-refractivity contribution in [1.82, 2.24) is 4.90 Å². The Hall–Kier alpha value is -2.69. The van der Waals surface area contributed by atoms with Crippen molar-refractivity contribution in [2.75, 3.05) is 11.9 Å². The molecule has 130 valence electrons. The fraction of sp³-hybridized carbons (Fsp3) is 0.350. The number of anilines is 1. The minimum absolute atomic E-state index is 0.0211. The molecule has 2 aromatic rings. The fourth-order valence-electron chi connectivity index (χ4n) is 3.40. The Morgan fingerprint density at radius 3 is 2.60 bits per heavy atom. The number of nitrogens with zero attached hydrogens (tertiary/aromatic N) is 2. The van der Waals surface area contributed by atoms with Crippen LogP contribution in [-0.2, 0) is 16.1 Å². The summed E-state index contributed by atoms with van der Waals surface area (Å²) in [5.74, 6) is -0.189. The third-order valence-electron chi connectivity index (χ3n) is 4.64. The third-order valence-corrected chi connectivity index (χ3v) is 4.64. The van der Waals surface area contributed by atoms with Gasteiger partial charge in [-0.25, -0.2) is 0 Å². The molecule has 0 unspecified atom stereocenters. The lowest BCUT2D eigenvalue weighted by Gasteiger charge is -2.32. The molecule has 0 saturated carbocycles. The normalized spacial score (nSPS) is 16.5. The molecule has 0 saturated heterocycles. The molecule has 5 nitrogen and oxygen atoms in total. The number of fused-ring (bicyclic) bond motifs is 1. The highest BCUT2D eigenvalue weighted by Gasteiger charge is 2.42. The SMILES string of the molecule is CCCN1C(=O)C[n+]2ccccc2[C@@H]1C(=O)Nc1c(C)cccc1C. The van der Waals surface area contributed by atoms with Crippen LogP contribution in [0.3, 0.4) is 0 Å². The number of carbonyl (C=O) groups excluding carboxylic acids is 2. The Kier molecular flexibility index (Phi) is 4.83. The first-order valence-corrected chi connectivity index (χ1v) is 8.68. The van der Waals surface area contributed by atoms with Crippen LogP contribution in [0.2, 0.25) is 0 Å². The van der Waals surface area contributed by atoms with Gasteiger partial charge in [0.05, 0.1) is 0 Å². The topological polar surface area (TPSA) is 53.3 Å². The maximum absolute atomic E-state index is 13.1. The van der Waals surface area contributed by atoms with E-state index >= 15 is 0 Å². The zero-order chi connectivity index (χ0) is 18.0. The molecule has 3 rings (SSSR count). The number of hydrogen-bond acceptors (Lipinski definition) is 2. The number of aromatic nitrogens is 1. The molecule has 5 heteroatoms. The number of rotatable bonds is 4. The third kappa shape index (κ3) is 3.27. The molecule has 1 aliphatic heterocycles. The van der Waals surface area contributed by atoms with E-state index < -0.39 is 6.04 Å². The fourth-order valence-corrected chi connectivity index (χ4v) is 3.40. The lowest BCUT2D eigenvalue weighted by atomic mass is 10.0. The quantitative estimate of drug-likeness (QED) is 0.871. The molecule has 1 aliphatic rings. The van der Waals surface area contributed by atoms with Gasteiger partial charge in [0.25, 0.3) is 11.8 Å². The van der Waals surface area contributed by atoms with Crippen molar-refractivity contribution in [3.8, 4) is 0 Å². The van der Waals surface area contributed by atoms with Crippen molar-refractivity contribution in [2.24, 2.45) is 0 Å². The molecule has 1 aromatic carbocycles. The summed E-state index contributed by atoms with van der Waals surface area (Å²) in [6.45, 7) is 6.81. The minimum atomic E-state index is -0.610. The predicted octanol–water partition coefficient (Wildman–Crippen LogP) is 2.52. The number of carbonyl (C=O) groups is 2. The molecular weight excluding hydrogens is 314 g/mol. The van der Waals surface area contributed by atoms with Crippen molar-refractivity contribution in [3.05, 3.63) is 59.4 Å². The molecule has 2 heterocycles. The highest BCUT2D eigenvalue weighted by molar-refractivity contribution is 5.98. The molecule has 1 atom stereocenters. The van der Waals surface area contributed by atoms with Crippen molar-refractivity contribution in [1.29, 1.82) is 0 Å². The van der Waals surface area contributed by atoms with E-state index in [1.165, 1.54) is 0 Å². The molecule has 25 heavy (non-hydrogen) atoms. The first-order valence-electron chi connectivity index (χ1n) is 8.68. The van der Waals surface area contributed by atoms with E-state index in [1.54, 1.807) is 4.90 Å². The van der Waals surface area contributed by atoms with Crippen molar-refractivity contribution in [3.63, 3.8) is 0 Å². The van der Waals surface area contributed by atoms with E-state index in [9.17, 15) is 9.59 Å². The Balaban J connectivity index is 1.99. The van der Waals surface area contributed by atoms with E-state index in [2.05, 4.69) is 5.32 Å². The molecule has 1 N–H and O–H groups in total. The summed E-state index contributed by atoms with van der Waals surface area (Å²) in [5, 5.41) is 3.05. The van der Waals surface area contributed by atoms with Gasteiger partial charge in [-0.15, -0.1) is 0 Å². The highest BCUT2D eigenvalue weighted by Crippen LogP contribution is 2.26. The Morgan fingerprint density at radius 1 is 1.20 bits per heavy atom. The van der Waals surface area contributed by atoms with Gasteiger partial charge >= 0.3 is 0 Å². The van der Waals surface area contributed by atoms with Gasteiger partial charge in [0, 0.05) is 24.4 Å². The standard InChI is InChI=1S/C20H23N3O2/c1-4-11-23-17(24)13-22-12-6-5-10-16(22)19(23)20(25)21-18-14(2)8-7-9-15(18)3/h5-10,12,19H,4,11,13H2,1-3H3/p+1/t19-/m1/s1. The molecule has 0 bridgehead atoms. The summed E-state index contributed by atoms with van der Waals surface area (Å²) in [6.07, 6.45) is 2.67. The highest BCUT2D eigenvalue weighted by atomic mass is 16.2. The second-order valence-corrected chi connectivity index (χ2v) is 6.50. The van der Waals surface area contributed by atoms with E-state index in [0.29, 0.717) is 6.54 Å². The van der Waals surface area contributed by atoms with Crippen LogP contribution in [0.1, 0.15) is 36.2 Å². The van der Waals surface area contributed by atoms with Crippen molar-refractivity contribution >= 4 is 17.5 Å². The molecule has 0 fully saturated rings. The second kappa shape index (κ2) is 7.05. The molecule has 1 aromatic heterocycles. The Morgan fingerprint density at radius 2 is 1.92 bits per heavy atom. The monoisotopic (exact) mass is 338 g/mol. The van der Waals surface area contributed by atoms with Crippen LogP contribution in [0, 0.1) is 13.8 Å². The average Bonchev–Trinajstić information content (AvgIpc) is 2.59. The predicted molar refractivity (Wildman–Crippen MR) is 95.9 cm³/mol. The summed E-state index contributed by atoms with van der Waals surface area (Å²) in [6, 6.07) is 11.0. The summed E-state index contributed by atoms with van der Waals surface area (Å²) in [4.78, 5) is 27.4. The number of amides is 2. The van der Waals surface area contributed by atoms with E-state index in [-0.39, 0.29) is 18.4 Å². The van der Waals surface area contributed by atoms with Crippen LogP contribution in [-0.4, -0.2) is 23.3 Å². The number of benzene rings is 1. The maximum Gasteiger partial charge on any atom is 0.289 e. The van der Waals surface area contributed by atoms with Gasteiger partial charge in [-0.05, 0) is 31.4 Å². The number of pyridine rings is 1. The van der Waals surface area contributed by atoms with Crippen LogP contribution in [0.4, 0.5) is 5.69 Å². The smallest absolute Gasteiger partial charge is 0.289 e. The van der Waals surface area contributed by atoms with Crippen molar-refractivity contribution < 1.29 is 14.2 Å². The van der Waals surface area contributed by atoms with Gasteiger partial charge in [-0.2, -0.15) is 4.57 Å². The van der Waals surface area contributed by atoms with Crippen LogP contribution < -0.4 is 9.88 Å². The van der Waals surface area contributed by atoms with Crippen molar-refractivity contribution in [2.45, 2.75) is 39.8 Å². The van der Waals surface area contributed by atoms with Crippen LogP contribution in [0.5, 0.6) is 0 Å². The van der Waals surface area contributed by atoms with Crippen LogP contribution >= 0.6 is 0 Å². The summed E-state index contributed by atoms with van der Waals surface area (Å²) < 4.78 is 1.86. The number of hydrogen-bond donors (Lipinski definition) is 1. The van der Waals surface area contributed by atoms with Gasteiger partial charge in [-0.1, -0.05) is 31.2 Å². The van der Waals surface area contributed by atoms with Gasteiger partial charge in [-0.3, -0.25) is 9.59 Å². The number of para-hydroxylation sites is 1.